The van der Waals surface area contributed by atoms with E-state index in [0.717, 1.165) is 19.8 Å². The fraction of sp³-hybridized carbons (Fsp3) is 1.00. The maximum Gasteiger partial charge on any atom is 0.0466 e. The Morgan fingerprint density at radius 2 is 1.94 bits per heavy atom. The van der Waals surface area contributed by atoms with E-state index in [1.807, 2.05) is 0 Å². The highest BCUT2D eigenvalue weighted by atomic mass is 16.5. The standard InChI is InChI=1S/C14H30N2O/c1-3-17-12-8-5-9-15-14(2)13-16-10-6-4-7-11-16/h14-15H,3-13H2,1-2H3. The van der Waals surface area contributed by atoms with Crippen LogP contribution in [0.1, 0.15) is 46.0 Å². The first-order chi connectivity index (χ1) is 8.33. The summed E-state index contributed by atoms with van der Waals surface area (Å²) in [4.78, 5) is 2.60. The monoisotopic (exact) mass is 242 g/mol. The van der Waals surface area contributed by atoms with Gasteiger partial charge in [0, 0.05) is 25.8 Å². The summed E-state index contributed by atoms with van der Waals surface area (Å²) in [5.74, 6) is 0. The van der Waals surface area contributed by atoms with Crippen LogP contribution in [0.4, 0.5) is 0 Å². The molecule has 17 heavy (non-hydrogen) atoms. The zero-order valence-electron chi connectivity index (χ0n) is 11.7. The minimum atomic E-state index is 0.625. The van der Waals surface area contributed by atoms with Gasteiger partial charge in [-0.15, -0.1) is 0 Å². The number of hydrogen-bond donors (Lipinski definition) is 1. The van der Waals surface area contributed by atoms with Crippen LogP contribution >= 0.6 is 0 Å². The van der Waals surface area contributed by atoms with Crippen molar-refractivity contribution in [3.63, 3.8) is 0 Å². The summed E-state index contributed by atoms with van der Waals surface area (Å²) >= 11 is 0. The van der Waals surface area contributed by atoms with E-state index in [-0.39, 0.29) is 0 Å². The predicted octanol–water partition coefficient (Wildman–Crippen LogP) is 2.27. The molecular weight excluding hydrogens is 212 g/mol. The molecule has 3 nitrogen and oxygen atoms in total. The SMILES string of the molecule is CCOCCCCNC(C)CN1CCCCC1. The van der Waals surface area contributed by atoms with Gasteiger partial charge in [0.15, 0.2) is 0 Å². The smallest absolute Gasteiger partial charge is 0.0466 e. The first-order valence-electron chi connectivity index (χ1n) is 7.36. The molecule has 1 rings (SSSR count). The lowest BCUT2D eigenvalue weighted by Crippen LogP contribution is -2.41. The molecule has 0 saturated carbocycles. The summed E-state index contributed by atoms with van der Waals surface area (Å²) in [6.07, 6.45) is 6.61. The van der Waals surface area contributed by atoms with E-state index in [1.165, 1.54) is 51.7 Å². The minimum Gasteiger partial charge on any atom is -0.382 e. The lowest BCUT2D eigenvalue weighted by atomic mass is 10.1. The van der Waals surface area contributed by atoms with E-state index < -0.39 is 0 Å². The van der Waals surface area contributed by atoms with Crippen molar-refractivity contribution in [2.75, 3.05) is 39.4 Å². The van der Waals surface area contributed by atoms with Gasteiger partial charge in [0.2, 0.25) is 0 Å². The Hall–Kier alpha value is -0.120. The van der Waals surface area contributed by atoms with E-state index in [0.29, 0.717) is 6.04 Å². The molecule has 0 radical (unpaired) electrons. The number of ether oxygens (including phenoxy) is 1. The second-order valence-corrected chi connectivity index (χ2v) is 5.12. The quantitative estimate of drug-likeness (QED) is 0.628. The number of nitrogens with one attached hydrogen (secondary N) is 1. The highest BCUT2D eigenvalue weighted by Gasteiger charge is 2.12. The van der Waals surface area contributed by atoms with Crippen molar-refractivity contribution in [1.29, 1.82) is 0 Å². The van der Waals surface area contributed by atoms with E-state index in [9.17, 15) is 0 Å². The van der Waals surface area contributed by atoms with Crippen LogP contribution in [0.25, 0.3) is 0 Å². The molecule has 1 aliphatic rings. The van der Waals surface area contributed by atoms with Crippen LogP contribution in [-0.4, -0.2) is 50.3 Å². The lowest BCUT2D eigenvalue weighted by molar-refractivity contribution is 0.143. The van der Waals surface area contributed by atoms with Gasteiger partial charge in [0.05, 0.1) is 0 Å². The molecule has 1 unspecified atom stereocenters. The number of hydrogen-bond acceptors (Lipinski definition) is 3. The van der Waals surface area contributed by atoms with Gasteiger partial charge in [-0.1, -0.05) is 6.42 Å². The van der Waals surface area contributed by atoms with Gasteiger partial charge in [-0.05, 0) is 59.2 Å². The Kier molecular flexibility index (Phi) is 8.67. The highest BCUT2D eigenvalue weighted by molar-refractivity contribution is 4.71. The fourth-order valence-electron chi connectivity index (χ4n) is 2.42. The van der Waals surface area contributed by atoms with Gasteiger partial charge in [-0.2, -0.15) is 0 Å². The summed E-state index contributed by atoms with van der Waals surface area (Å²) in [6.45, 7) is 11.1. The van der Waals surface area contributed by atoms with E-state index in [1.54, 1.807) is 0 Å². The van der Waals surface area contributed by atoms with Crippen LogP contribution in [0.15, 0.2) is 0 Å². The molecule has 1 N–H and O–H groups in total. The molecule has 0 aromatic carbocycles. The molecule has 0 aromatic rings. The first kappa shape index (κ1) is 14.9. The maximum absolute atomic E-state index is 5.33. The van der Waals surface area contributed by atoms with Crippen molar-refractivity contribution in [1.82, 2.24) is 10.2 Å². The van der Waals surface area contributed by atoms with Crippen molar-refractivity contribution in [2.24, 2.45) is 0 Å². The van der Waals surface area contributed by atoms with Gasteiger partial charge >= 0.3 is 0 Å². The first-order valence-corrected chi connectivity index (χ1v) is 7.36. The highest BCUT2D eigenvalue weighted by Crippen LogP contribution is 2.08. The Bertz CT molecular complexity index is 170. The number of piperidine rings is 1. The molecule has 0 aromatic heterocycles. The van der Waals surface area contributed by atoms with E-state index >= 15 is 0 Å². The molecule has 0 aliphatic carbocycles. The Morgan fingerprint density at radius 1 is 1.18 bits per heavy atom. The number of rotatable bonds is 9. The third-order valence-electron chi connectivity index (χ3n) is 3.39. The van der Waals surface area contributed by atoms with Crippen molar-refractivity contribution in [3.05, 3.63) is 0 Å². The Labute approximate surface area is 107 Å². The molecule has 0 spiro atoms. The molecule has 102 valence electrons. The molecule has 1 heterocycles. The molecule has 1 atom stereocenters. The number of nitrogens with zero attached hydrogens (tertiary/aromatic N) is 1. The largest absolute Gasteiger partial charge is 0.382 e. The van der Waals surface area contributed by atoms with Crippen LogP contribution in [-0.2, 0) is 4.74 Å². The second-order valence-electron chi connectivity index (χ2n) is 5.12. The lowest BCUT2D eigenvalue weighted by Gasteiger charge is -2.29. The van der Waals surface area contributed by atoms with Gasteiger partial charge < -0.3 is 15.0 Å². The van der Waals surface area contributed by atoms with Crippen molar-refractivity contribution >= 4 is 0 Å². The van der Waals surface area contributed by atoms with Crippen molar-refractivity contribution in [2.45, 2.75) is 52.0 Å². The Morgan fingerprint density at radius 3 is 2.65 bits per heavy atom. The summed E-state index contributed by atoms with van der Waals surface area (Å²) in [5.41, 5.74) is 0. The molecule has 0 bridgehead atoms. The van der Waals surface area contributed by atoms with Gasteiger partial charge in [-0.3, -0.25) is 0 Å². The summed E-state index contributed by atoms with van der Waals surface area (Å²) < 4.78 is 5.33. The number of likely N-dealkylation sites (tertiary alicyclic amines) is 1. The molecule has 1 saturated heterocycles. The topological polar surface area (TPSA) is 24.5 Å². The van der Waals surface area contributed by atoms with E-state index in [4.69, 9.17) is 4.74 Å². The normalized spacial score (nSPS) is 19.4. The van der Waals surface area contributed by atoms with E-state index in [2.05, 4.69) is 24.1 Å². The zero-order chi connectivity index (χ0) is 12.3. The van der Waals surface area contributed by atoms with Crippen LogP contribution in [0.3, 0.4) is 0 Å². The third kappa shape index (κ3) is 7.74. The average Bonchev–Trinajstić information content (AvgIpc) is 2.35. The average molecular weight is 242 g/mol. The van der Waals surface area contributed by atoms with Gasteiger partial charge in [0.25, 0.3) is 0 Å². The van der Waals surface area contributed by atoms with Crippen molar-refractivity contribution in [3.8, 4) is 0 Å². The third-order valence-corrected chi connectivity index (χ3v) is 3.39. The summed E-state index contributed by atoms with van der Waals surface area (Å²) in [7, 11) is 0. The fourth-order valence-corrected chi connectivity index (χ4v) is 2.42. The van der Waals surface area contributed by atoms with Gasteiger partial charge in [-0.25, -0.2) is 0 Å². The maximum atomic E-state index is 5.33. The predicted molar refractivity (Wildman–Crippen MR) is 73.5 cm³/mol. The van der Waals surface area contributed by atoms with Crippen LogP contribution in [0.2, 0.25) is 0 Å². The van der Waals surface area contributed by atoms with Crippen molar-refractivity contribution < 1.29 is 4.74 Å². The van der Waals surface area contributed by atoms with Crippen LogP contribution < -0.4 is 5.32 Å². The summed E-state index contributed by atoms with van der Waals surface area (Å²) in [5, 5.41) is 3.61. The molecular formula is C14H30N2O. The van der Waals surface area contributed by atoms with Crippen LogP contribution in [0.5, 0.6) is 0 Å². The zero-order valence-corrected chi connectivity index (χ0v) is 11.7. The second kappa shape index (κ2) is 9.86. The molecule has 3 heteroatoms. The molecule has 1 fully saturated rings. The summed E-state index contributed by atoms with van der Waals surface area (Å²) in [6, 6.07) is 0.625. The van der Waals surface area contributed by atoms with Gasteiger partial charge in [0.1, 0.15) is 0 Å². The molecule has 1 aliphatic heterocycles. The number of unbranched alkanes of at least 4 members (excludes halogenated alkanes) is 1. The molecule has 0 amide bonds. The van der Waals surface area contributed by atoms with Crippen LogP contribution in [0, 0.1) is 0 Å². The Balaban J connectivity index is 1.91. The minimum absolute atomic E-state index is 0.625.